The molecule has 0 aliphatic carbocycles. The highest BCUT2D eigenvalue weighted by molar-refractivity contribution is 6.06. The number of allylic oxidation sites excluding steroid dienone is 1. The second kappa shape index (κ2) is 11.1. The molecule has 1 N–H and O–H groups in total. The van der Waals surface area contributed by atoms with Crippen molar-refractivity contribution in [2.45, 2.75) is 39.5 Å². The van der Waals surface area contributed by atoms with Crippen LogP contribution in [-0.2, 0) is 0 Å². The molecule has 4 nitrogen and oxygen atoms in total. The summed E-state index contributed by atoms with van der Waals surface area (Å²) in [7, 11) is 0. The van der Waals surface area contributed by atoms with Gasteiger partial charge in [-0.3, -0.25) is 4.79 Å². The number of phenolic OH excluding ortho intramolecular Hbond substituents is 1. The van der Waals surface area contributed by atoms with Crippen molar-refractivity contribution in [1.29, 1.82) is 0 Å². The summed E-state index contributed by atoms with van der Waals surface area (Å²) < 4.78 is 11.6. The molecule has 2 aromatic carbocycles. The van der Waals surface area contributed by atoms with E-state index in [-0.39, 0.29) is 11.5 Å². The SMILES string of the molecule is CCCCOc1cc(C=CC(=O)c2ccc(O)cc2)cc(OCCCC)c1. The summed E-state index contributed by atoms with van der Waals surface area (Å²) >= 11 is 0. The van der Waals surface area contributed by atoms with Gasteiger partial charge in [0.15, 0.2) is 5.78 Å². The van der Waals surface area contributed by atoms with Crippen LogP contribution < -0.4 is 9.47 Å². The van der Waals surface area contributed by atoms with E-state index in [0.717, 1.165) is 42.7 Å². The number of ether oxygens (including phenoxy) is 2. The summed E-state index contributed by atoms with van der Waals surface area (Å²) in [4.78, 5) is 12.3. The van der Waals surface area contributed by atoms with Crippen LogP contribution in [0.5, 0.6) is 17.2 Å². The van der Waals surface area contributed by atoms with E-state index in [4.69, 9.17) is 9.47 Å². The number of carbonyl (C=O) groups excluding carboxylic acids is 1. The second-order valence-corrected chi connectivity index (χ2v) is 6.39. The van der Waals surface area contributed by atoms with E-state index < -0.39 is 0 Å². The van der Waals surface area contributed by atoms with E-state index >= 15 is 0 Å². The molecule has 27 heavy (non-hydrogen) atoms. The number of phenols is 1. The summed E-state index contributed by atoms with van der Waals surface area (Å²) in [6.07, 6.45) is 7.40. The smallest absolute Gasteiger partial charge is 0.185 e. The van der Waals surface area contributed by atoms with Gasteiger partial charge in [0, 0.05) is 11.6 Å². The van der Waals surface area contributed by atoms with Gasteiger partial charge in [-0.2, -0.15) is 0 Å². The molecule has 0 amide bonds. The maximum atomic E-state index is 12.3. The zero-order valence-electron chi connectivity index (χ0n) is 16.1. The third-order valence-corrected chi connectivity index (χ3v) is 4.01. The first-order valence-electron chi connectivity index (χ1n) is 9.54. The van der Waals surface area contributed by atoms with E-state index in [1.165, 1.54) is 18.2 Å². The third kappa shape index (κ3) is 7.18. The molecular formula is C23H28O4. The van der Waals surface area contributed by atoms with Crippen LogP contribution in [0.4, 0.5) is 0 Å². The number of hydrogen-bond donors (Lipinski definition) is 1. The lowest BCUT2D eigenvalue weighted by Crippen LogP contribution is -2.00. The molecule has 0 fully saturated rings. The summed E-state index contributed by atoms with van der Waals surface area (Å²) in [6.45, 7) is 5.56. The van der Waals surface area contributed by atoms with Gasteiger partial charge in [-0.1, -0.05) is 32.8 Å². The van der Waals surface area contributed by atoms with Gasteiger partial charge in [0.1, 0.15) is 17.2 Å². The maximum absolute atomic E-state index is 12.3. The Morgan fingerprint density at radius 3 is 2.00 bits per heavy atom. The molecule has 0 aliphatic heterocycles. The van der Waals surface area contributed by atoms with Crippen molar-refractivity contribution in [3.05, 3.63) is 59.7 Å². The van der Waals surface area contributed by atoms with Gasteiger partial charge >= 0.3 is 0 Å². The molecule has 2 rings (SSSR count). The van der Waals surface area contributed by atoms with Gasteiger partial charge in [0.05, 0.1) is 13.2 Å². The lowest BCUT2D eigenvalue weighted by Gasteiger charge is -2.11. The molecule has 0 radical (unpaired) electrons. The Bertz CT molecular complexity index is 719. The van der Waals surface area contributed by atoms with E-state index in [1.807, 2.05) is 18.2 Å². The topological polar surface area (TPSA) is 55.8 Å². The average Bonchev–Trinajstić information content (AvgIpc) is 2.67. The van der Waals surface area contributed by atoms with Gasteiger partial charge in [-0.15, -0.1) is 0 Å². The normalized spacial score (nSPS) is 10.9. The van der Waals surface area contributed by atoms with Gasteiger partial charge in [-0.05, 0) is 60.9 Å². The van der Waals surface area contributed by atoms with Crippen LogP contribution in [0, 0.1) is 0 Å². The van der Waals surface area contributed by atoms with Gasteiger partial charge in [0.25, 0.3) is 0 Å². The molecule has 0 saturated heterocycles. The van der Waals surface area contributed by atoms with Crippen LogP contribution >= 0.6 is 0 Å². The lowest BCUT2D eigenvalue weighted by atomic mass is 10.1. The summed E-state index contributed by atoms with van der Waals surface area (Å²) in [5.41, 5.74) is 1.38. The molecule has 0 unspecified atom stereocenters. The number of carbonyl (C=O) groups is 1. The van der Waals surface area contributed by atoms with Crippen molar-refractivity contribution >= 4 is 11.9 Å². The van der Waals surface area contributed by atoms with Crippen LogP contribution in [-0.4, -0.2) is 24.1 Å². The Labute approximate surface area is 161 Å². The quantitative estimate of drug-likeness (QED) is 0.316. The zero-order valence-corrected chi connectivity index (χ0v) is 16.1. The number of aromatic hydroxyl groups is 1. The second-order valence-electron chi connectivity index (χ2n) is 6.39. The standard InChI is InChI=1S/C23H28O4/c1-3-5-13-26-21-15-18(16-22(17-21)27-14-6-4-2)7-12-23(25)19-8-10-20(24)11-9-19/h7-12,15-17,24H,3-6,13-14H2,1-2H3. The van der Waals surface area contributed by atoms with E-state index in [0.29, 0.717) is 18.8 Å². The van der Waals surface area contributed by atoms with Crippen LogP contribution in [0.3, 0.4) is 0 Å². The molecule has 4 heteroatoms. The van der Waals surface area contributed by atoms with Crippen molar-refractivity contribution in [1.82, 2.24) is 0 Å². The Kier molecular flexibility index (Phi) is 8.43. The van der Waals surface area contributed by atoms with Crippen molar-refractivity contribution in [3.63, 3.8) is 0 Å². The predicted molar refractivity (Wildman–Crippen MR) is 109 cm³/mol. The molecule has 0 atom stereocenters. The molecule has 0 heterocycles. The molecule has 0 bridgehead atoms. The van der Waals surface area contributed by atoms with Crippen molar-refractivity contribution < 1.29 is 19.4 Å². The third-order valence-electron chi connectivity index (χ3n) is 4.01. The summed E-state index contributed by atoms with van der Waals surface area (Å²) in [6, 6.07) is 11.9. The maximum Gasteiger partial charge on any atom is 0.185 e. The fourth-order valence-electron chi connectivity index (χ4n) is 2.42. The highest BCUT2D eigenvalue weighted by Gasteiger charge is 2.05. The van der Waals surface area contributed by atoms with Crippen LogP contribution in [0.25, 0.3) is 6.08 Å². The average molecular weight is 368 g/mol. The largest absolute Gasteiger partial charge is 0.508 e. The highest BCUT2D eigenvalue weighted by Crippen LogP contribution is 2.25. The highest BCUT2D eigenvalue weighted by atomic mass is 16.5. The number of rotatable bonds is 11. The molecule has 2 aromatic rings. The monoisotopic (exact) mass is 368 g/mol. The van der Waals surface area contributed by atoms with Crippen molar-refractivity contribution in [3.8, 4) is 17.2 Å². The van der Waals surface area contributed by atoms with Crippen molar-refractivity contribution in [2.75, 3.05) is 13.2 Å². The zero-order chi connectivity index (χ0) is 19.5. The fourth-order valence-corrected chi connectivity index (χ4v) is 2.42. The number of hydrogen-bond acceptors (Lipinski definition) is 4. The molecule has 0 saturated carbocycles. The first kappa shape index (κ1) is 20.6. The van der Waals surface area contributed by atoms with Gasteiger partial charge in [-0.25, -0.2) is 0 Å². The minimum absolute atomic E-state index is 0.124. The summed E-state index contributed by atoms with van der Waals surface area (Å²) in [5.74, 6) is 1.51. The van der Waals surface area contributed by atoms with E-state index in [2.05, 4.69) is 13.8 Å². The van der Waals surface area contributed by atoms with Gasteiger partial charge in [0.2, 0.25) is 0 Å². The first-order valence-corrected chi connectivity index (χ1v) is 9.54. The minimum atomic E-state index is -0.124. The van der Waals surface area contributed by atoms with Crippen LogP contribution in [0.1, 0.15) is 55.5 Å². The molecule has 0 aromatic heterocycles. The van der Waals surface area contributed by atoms with Crippen LogP contribution in [0.2, 0.25) is 0 Å². The Hall–Kier alpha value is -2.75. The number of ketones is 1. The van der Waals surface area contributed by atoms with Crippen molar-refractivity contribution in [2.24, 2.45) is 0 Å². The lowest BCUT2D eigenvalue weighted by molar-refractivity contribution is 0.104. The minimum Gasteiger partial charge on any atom is -0.508 e. The molecule has 0 aliphatic rings. The number of benzene rings is 2. The number of unbranched alkanes of at least 4 members (excludes halogenated alkanes) is 2. The van der Waals surface area contributed by atoms with Gasteiger partial charge < -0.3 is 14.6 Å². The predicted octanol–water partition coefficient (Wildman–Crippen LogP) is 5.65. The Balaban J connectivity index is 2.14. The van der Waals surface area contributed by atoms with E-state index in [9.17, 15) is 9.90 Å². The first-order chi connectivity index (χ1) is 13.1. The molecule has 144 valence electrons. The molecular weight excluding hydrogens is 340 g/mol. The Morgan fingerprint density at radius 1 is 0.926 bits per heavy atom. The summed E-state index contributed by atoms with van der Waals surface area (Å²) in [5, 5.41) is 9.33. The molecule has 0 spiro atoms. The van der Waals surface area contributed by atoms with E-state index in [1.54, 1.807) is 18.2 Å². The Morgan fingerprint density at radius 2 is 1.48 bits per heavy atom. The van der Waals surface area contributed by atoms with Crippen LogP contribution in [0.15, 0.2) is 48.5 Å². The fraction of sp³-hybridized carbons (Fsp3) is 0.348.